The van der Waals surface area contributed by atoms with Gasteiger partial charge in [-0.15, -0.1) is 0 Å². The van der Waals surface area contributed by atoms with Crippen LogP contribution in [0, 0.1) is 34.5 Å². The van der Waals surface area contributed by atoms with E-state index in [1.807, 2.05) is 18.2 Å². The number of amides is 1. The van der Waals surface area contributed by atoms with Crippen molar-refractivity contribution in [3.63, 3.8) is 0 Å². The van der Waals surface area contributed by atoms with Crippen molar-refractivity contribution < 1.29 is 28.7 Å². The summed E-state index contributed by atoms with van der Waals surface area (Å²) >= 11 is 0. The van der Waals surface area contributed by atoms with Crippen LogP contribution in [0.2, 0.25) is 0 Å². The monoisotopic (exact) mass is 543 g/mol. The van der Waals surface area contributed by atoms with Gasteiger partial charge in [-0.2, -0.15) is 0 Å². The van der Waals surface area contributed by atoms with Crippen LogP contribution < -0.4 is 9.47 Å². The van der Waals surface area contributed by atoms with Crippen LogP contribution >= 0.6 is 0 Å². The number of rotatable bonds is 8. The molecule has 1 saturated heterocycles. The molecule has 3 saturated carbocycles. The Bertz CT molecular complexity index is 1210. The van der Waals surface area contributed by atoms with Crippen molar-refractivity contribution in [1.82, 2.24) is 4.90 Å². The van der Waals surface area contributed by atoms with Crippen molar-refractivity contribution in [1.29, 1.82) is 0 Å². The Labute approximate surface area is 228 Å². The average Bonchev–Trinajstić information content (AvgIpc) is 3.62. The fourth-order valence-electron chi connectivity index (χ4n) is 9.27. The number of ether oxygens (including phenoxy) is 2. The van der Waals surface area contributed by atoms with Crippen LogP contribution in [-0.2, 0) is 22.0 Å². The van der Waals surface area contributed by atoms with Crippen molar-refractivity contribution in [3.8, 4) is 11.5 Å². The lowest BCUT2D eigenvalue weighted by molar-refractivity contribution is -0.148. The molecule has 5 aliphatic rings. The maximum absolute atomic E-state index is 14.7. The van der Waals surface area contributed by atoms with Crippen LogP contribution in [-0.4, -0.2) is 68.3 Å². The van der Waals surface area contributed by atoms with E-state index in [1.54, 1.807) is 26.0 Å². The minimum Gasteiger partial charge on any atom is -0.493 e. The summed E-state index contributed by atoms with van der Waals surface area (Å²) in [7, 11) is 1.64. The van der Waals surface area contributed by atoms with Gasteiger partial charge in [0.1, 0.15) is 10.5 Å². The molecule has 4 aliphatic carbocycles. The number of aliphatic hydroxyl groups excluding tert-OH is 1. The first-order chi connectivity index (χ1) is 17.9. The van der Waals surface area contributed by atoms with Gasteiger partial charge < -0.3 is 24.6 Å². The van der Waals surface area contributed by atoms with Crippen molar-refractivity contribution in [2.45, 2.75) is 69.5 Å². The summed E-state index contributed by atoms with van der Waals surface area (Å²) in [6.07, 6.45) is 7.58. The molecule has 4 bridgehead atoms. The normalized spacial score (nSPS) is 42.7. The minimum absolute atomic E-state index is 0.0179. The molecule has 1 heterocycles. The molecule has 1 amide bonds. The molecule has 7 nitrogen and oxygen atoms in total. The summed E-state index contributed by atoms with van der Waals surface area (Å²) in [5.41, 5.74) is -1.02. The summed E-state index contributed by atoms with van der Waals surface area (Å²) in [6, 6.07) is 5.68. The third-order valence-corrected chi connectivity index (χ3v) is 13.8. The lowest BCUT2D eigenvalue weighted by atomic mass is 9.70. The lowest BCUT2D eigenvalue weighted by Gasteiger charge is -2.44. The topological polar surface area (TPSA) is 96.3 Å². The van der Waals surface area contributed by atoms with Crippen LogP contribution in [0.3, 0.4) is 0 Å². The van der Waals surface area contributed by atoms with Gasteiger partial charge in [-0.05, 0) is 74.0 Å². The molecule has 0 spiro atoms. The Morgan fingerprint density at radius 1 is 1.11 bits per heavy atom. The summed E-state index contributed by atoms with van der Waals surface area (Å²) in [5.74, 6) is 1.23. The molecule has 2 N–H and O–H groups in total. The zero-order chi connectivity index (χ0) is 27.3. The van der Waals surface area contributed by atoms with Crippen molar-refractivity contribution in [2.24, 2.45) is 34.5 Å². The van der Waals surface area contributed by atoms with Crippen LogP contribution in [0.4, 0.5) is 0 Å². The van der Waals surface area contributed by atoms with Gasteiger partial charge in [0, 0.05) is 40.3 Å². The fourth-order valence-corrected chi connectivity index (χ4v) is 12.2. The van der Waals surface area contributed by atoms with Crippen molar-refractivity contribution in [2.75, 3.05) is 26.5 Å². The average molecular weight is 544 g/mol. The number of likely N-dealkylation sites (tertiary alicyclic amines) is 1. The van der Waals surface area contributed by atoms with Crippen molar-refractivity contribution >= 4 is 16.7 Å². The van der Waals surface area contributed by atoms with E-state index in [9.17, 15) is 19.2 Å². The Kier molecular flexibility index (Phi) is 5.92. The predicted octanol–water partition coefficient (Wildman–Crippen LogP) is 3.29. The molecular formula is C30H41NO6S. The summed E-state index contributed by atoms with van der Waals surface area (Å²) < 4.78 is 24.3. The maximum Gasteiger partial charge on any atom is 0.244 e. The Hall–Kier alpha value is -1.90. The highest BCUT2D eigenvalue weighted by molar-refractivity contribution is 7.87. The van der Waals surface area contributed by atoms with Crippen LogP contribution in [0.25, 0.3) is 0 Å². The van der Waals surface area contributed by atoms with Crippen LogP contribution in [0.15, 0.2) is 30.4 Å². The van der Waals surface area contributed by atoms with Crippen LogP contribution in [0.1, 0.15) is 52.0 Å². The van der Waals surface area contributed by atoms with Gasteiger partial charge in [-0.25, -0.2) is 0 Å². The third kappa shape index (κ3) is 3.14. The van der Waals surface area contributed by atoms with E-state index in [2.05, 4.69) is 26.0 Å². The molecule has 1 aromatic carbocycles. The van der Waals surface area contributed by atoms with Gasteiger partial charge in [-0.1, -0.05) is 32.1 Å². The zero-order valence-electron chi connectivity index (χ0n) is 23.1. The highest BCUT2D eigenvalue weighted by Crippen LogP contribution is 2.68. The lowest BCUT2D eigenvalue weighted by Crippen LogP contribution is -2.55. The number of methoxy groups -OCH3 is 2. The number of allylic oxidation sites excluding steroid dienone is 2. The van der Waals surface area contributed by atoms with Gasteiger partial charge in [0.05, 0.1) is 20.3 Å². The number of hydrogen-bond acceptors (Lipinski definition) is 6. The number of nitrogens with zero attached hydrogens (tertiary/aromatic N) is 1. The van der Waals surface area contributed by atoms with E-state index in [0.29, 0.717) is 36.1 Å². The minimum atomic E-state index is -1.54. The van der Waals surface area contributed by atoms with E-state index in [4.69, 9.17) is 9.47 Å². The molecule has 1 aliphatic heterocycles. The highest BCUT2D eigenvalue weighted by atomic mass is 32.2. The van der Waals surface area contributed by atoms with E-state index < -0.39 is 38.7 Å². The number of carbonyl (C=O) groups excluding carboxylic acids is 1. The molecule has 8 heteroatoms. The fraction of sp³-hybridized carbons (Fsp3) is 0.700. The van der Waals surface area contributed by atoms with E-state index in [1.165, 1.54) is 0 Å². The summed E-state index contributed by atoms with van der Waals surface area (Å²) in [4.78, 5) is 16.0. The first-order valence-corrected chi connectivity index (χ1v) is 15.3. The quantitative estimate of drug-likeness (QED) is 0.489. The molecule has 9 atom stereocenters. The second-order valence-corrected chi connectivity index (χ2v) is 14.7. The molecule has 0 aromatic heterocycles. The third-order valence-electron chi connectivity index (χ3n) is 11.5. The van der Waals surface area contributed by atoms with Gasteiger partial charge in [-0.3, -0.25) is 9.00 Å². The van der Waals surface area contributed by atoms with E-state index >= 15 is 0 Å². The Balaban J connectivity index is 1.32. The predicted molar refractivity (Wildman–Crippen MR) is 145 cm³/mol. The molecule has 4 fully saturated rings. The standard InChI is InChI=1S/C30H41NO6S/c1-27(2)20-10-12-29(27,24(32)16-20)17-38(35)30-21-8-7-19(15-21)25(30)28(3,34)31(26(30)33)13-11-18-6-9-22(36-4)23(14-18)37-5/h6-9,14,19-21,24-25,32,34H,10-13,15-17H2,1-5H3/t19-,20-,21+,24-,25+,28?,29-,30-,38-/m1/s1. The molecular weight excluding hydrogens is 502 g/mol. The maximum atomic E-state index is 14.7. The molecule has 0 radical (unpaired) electrons. The molecule has 1 unspecified atom stereocenters. The van der Waals surface area contributed by atoms with Gasteiger partial charge in [0.2, 0.25) is 5.91 Å². The second kappa shape index (κ2) is 8.55. The zero-order valence-corrected chi connectivity index (χ0v) is 23.9. The SMILES string of the molecule is COc1ccc(CCN2C(=O)[C@@]3([S@](=O)C[C@]45CC[C@H](C[C@H]4O)C5(C)C)[C@H]4C=C[C@H](C4)[C@H]3C2(C)O)cc1OC. The smallest absolute Gasteiger partial charge is 0.244 e. The van der Waals surface area contributed by atoms with Gasteiger partial charge in [0.25, 0.3) is 0 Å². The van der Waals surface area contributed by atoms with Gasteiger partial charge >= 0.3 is 0 Å². The Morgan fingerprint density at radius 2 is 1.84 bits per heavy atom. The highest BCUT2D eigenvalue weighted by Gasteiger charge is 2.77. The summed E-state index contributed by atoms with van der Waals surface area (Å²) in [5, 5.41) is 23.1. The van der Waals surface area contributed by atoms with E-state index in [0.717, 1.165) is 31.2 Å². The number of hydrogen-bond donors (Lipinski definition) is 2. The van der Waals surface area contributed by atoms with E-state index in [-0.39, 0.29) is 23.2 Å². The second-order valence-electron chi connectivity index (χ2n) is 13.0. The summed E-state index contributed by atoms with van der Waals surface area (Å²) in [6.45, 7) is 6.46. The molecule has 1 aromatic rings. The number of aliphatic hydroxyl groups is 2. The first kappa shape index (κ1) is 26.3. The van der Waals surface area contributed by atoms with Crippen molar-refractivity contribution in [3.05, 3.63) is 35.9 Å². The van der Waals surface area contributed by atoms with Crippen LogP contribution in [0.5, 0.6) is 11.5 Å². The first-order valence-electron chi connectivity index (χ1n) is 14.0. The molecule has 38 heavy (non-hydrogen) atoms. The Morgan fingerprint density at radius 3 is 2.47 bits per heavy atom. The van der Waals surface area contributed by atoms with Gasteiger partial charge in [0.15, 0.2) is 11.5 Å². The molecule has 6 rings (SSSR count). The number of fused-ring (bicyclic) bond motifs is 7. The number of carbonyl (C=O) groups is 1. The molecule has 208 valence electrons. The number of benzene rings is 1. The largest absolute Gasteiger partial charge is 0.493 e.